The molecule has 4 heterocycles. The molecule has 0 aliphatic rings. The van der Waals surface area contributed by atoms with Crippen LogP contribution in [0.1, 0.15) is 22.0 Å². The summed E-state index contributed by atoms with van der Waals surface area (Å²) >= 11 is 1.84. The highest BCUT2D eigenvalue weighted by Gasteiger charge is 2.13. The Morgan fingerprint density at radius 2 is 1.55 bits per heavy atom. The molecule has 6 aromatic rings. The fourth-order valence-electron chi connectivity index (χ4n) is 4.20. The quantitative estimate of drug-likeness (QED) is 0.289. The smallest absolute Gasteiger partial charge is 0.265 e. The van der Waals surface area contributed by atoms with Crippen molar-refractivity contribution in [1.82, 2.24) is 14.5 Å². The zero-order valence-corrected chi connectivity index (χ0v) is 26.2. The molecule has 0 aliphatic carbocycles. The molecule has 0 saturated carbocycles. The number of fused-ring (bicyclic) bond motifs is 2. The number of aryl methyl sites for hydroxylation is 9. The Morgan fingerprint density at radius 1 is 0.850 bits per heavy atom. The Hall–Kier alpha value is -4.11. The number of nitrogens with zero attached hydrogens (tertiary/aromatic N) is 7. The van der Waals surface area contributed by atoms with Crippen LogP contribution in [0.25, 0.3) is 21.1 Å². The molecule has 210 valence electrons. The molecule has 9 heteroatoms. The lowest BCUT2D eigenvalue weighted by atomic mass is 10.1. The number of phenols is 1. The first-order chi connectivity index (χ1) is 18.9. The van der Waals surface area contributed by atoms with Gasteiger partial charge in [0, 0.05) is 42.2 Å². The highest BCUT2D eigenvalue weighted by atomic mass is 32.1. The lowest BCUT2D eigenvalue weighted by molar-refractivity contribution is -0.748. The van der Waals surface area contributed by atoms with Crippen molar-refractivity contribution in [2.45, 2.75) is 27.7 Å². The molecule has 0 spiro atoms. The van der Waals surface area contributed by atoms with E-state index in [1.54, 1.807) is 12.4 Å². The molecule has 2 aromatic carbocycles. The van der Waals surface area contributed by atoms with E-state index in [4.69, 9.17) is 0 Å². The van der Waals surface area contributed by atoms with Crippen molar-refractivity contribution < 1.29 is 23.5 Å². The van der Waals surface area contributed by atoms with E-state index in [0.29, 0.717) is 5.75 Å². The van der Waals surface area contributed by atoms with Gasteiger partial charge >= 0.3 is 0 Å². The third-order valence-electron chi connectivity index (χ3n) is 6.98. The number of benzene rings is 2. The van der Waals surface area contributed by atoms with Crippen LogP contribution in [-0.2, 0) is 42.3 Å². The highest BCUT2D eigenvalue weighted by Crippen LogP contribution is 2.24. The minimum absolute atomic E-state index is 0.356. The predicted molar refractivity (Wildman–Crippen MR) is 160 cm³/mol. The van der Waals surface area contributed by atoms with Crippen LogP contribution in [-0.4, -0.2) is 19.6 Å². The van der Waals surface area contributed by atoms with E-state index in [2.05, 4.69) is 67.1 Å². The summed E-state index contributed by atoms with van der Waals surface area (Å²) in [5.41, 5.74) is 4.65. The first-order valence-corrected chi connectivity index (χ1v) is 14.0. The van der Waals surface area contributed by atoms with Gasteiger partial charge in [0.2, 0.25) is 22.5 Å². The molecule has 0 bridgehead atoms. The van der Waals surface area contributed by atoms with Gasteiger partial charge < -0.3 is 5.11 Å². The molecule has 0 aliphatic heterocycles. The highest BCUT2D eigenvalue weighted by molar-refractivity contribution is 7.18. The predicted octanol–water partition coefficient (Wildman–Crippen LogP) is 3.42. The number of phenolic OH excluding ortho intramolecular Hbond substituents is 1. The maximum atomic E-state index is 9.53. The third kappa shape index (κ3) is 7.30. The van der Waals surface area contributed by atoms with Crippen LogP contribution in [0.3, 0.4) is 0 Å². The molecule has 4 aromatic heterocycles. The van der Waals surface area contributed by atoms with E-state index in [1.807, 2.05) is 108 Å². The lowest BCUT2D eigenvalue weighted by Gasteiger charge is -1.99. The fourth-order valence-corrected chi connectivity index (χ4v) is 5.21. The first kappa shape index (κ1) is 30.4. The van der Waals surface area contributed by atoms with Crippen molar-refractivity contribution in [2.75, 3.05) is 0 Å². The van der Waals surface area contributed by atoms with Crippen molar-refractivity contribution in [3.8, 4) is 5.75 Å². The zero-order chi connectivity index (χ0) is 29.6. The van der Waals surface area contributed by atoms with Gasteiger partial charge in [-0.3, -0.25) is 0 Å². The molecule has 0 amide bonds. The normalized spacial score (nSPS) is 10.3. The van der Waals surface area contributed by atoms with Crippen molar-refractivity contribution in [3.63, 3.8) is 0 Å². The SMILES string of the molecule is Cc1c(O)ccc2c[n+](C)n(C)c12.Cc1ccc[n+](C)c1.Cc1n(C)nc[n+]1C.Cc1sc2ccccc2[n+]1C. The minimum atomic E-state index is 0.356. The van der Waals surface area contributed by atoms with E-state index in [0.717, 1.165) is 22.3 Å². The molecule has 40 heavy (non-hydrogen) atoms. The van der Waals surface area contributed by atoms with Crippen LogP contribution in [0.4, 0.5) is 0 Å². The number of hydrogen-bond acceptors (Lipinski definition) is 3. The van der Waals surface area contributed by atoms with Crippen LogP contribution in [0.5, 0.6) is 5.75 Å². The van der Waals surface area contributed by atoms with Gasteiger partial charge in [-0.2, -0.15) is 9.25 Å². The summed E-state index contributed by atoms with van der Waals surface area (Å²) in [5.74, 6) is 1.51. The summed E-state index contributed by atoms with van der Waals surface area (Å²) in [7, 11) is 12.0. The van der Waals surface area contributed by atoms with Crippen molar-refractivity contribution in [3.05, 3.63) is 95.4 Å². The lowest BCUT2D eigenvalue weighted by Crippen LogP contribution is -2.36. The van der Waals surface area contributed by atoms with Gasteiger partial charge in [0.15, 0.2) is 19.4 Å². The number of pyridine rings is 1. The van der Waals surface area contributed by atoms with E-state index >= 15 is 0 Å². The van der Waals surface area contributed by atoms with Crippen LogP contribution in [0.2, 0.25) is 0 Å². The second-order valence-electron chi connectivity index (χ2n) is 9.98. The van der Waals surface area contributed by atoms with Gasteiger partial charge in [-0.25, -0.2) is 9.13 Å². The number of thiazole rings is 1. The number of para-hydroxylation sites is 1. The van der Waals surface area contributed by atoms with Crippen LogP contribution < -0.4 is 18.4 Å². The Morgan fingerprint density at radius 3 is 2.08 bits per heavy atom. The van der Waals surface area contributed by atoms with Crippen molar-refractivity contribution in [1.29, 1.82) is 0 Å². The zero-order valence-electron chi connectivity index (χ0n) is 25.4. The maximum Gasteiger partial charge on any atom is 0.265 e. The molecule has 0 saturated heterocycles. The molecule has 0 fully saturated rings. The Bertz CT molecular complexity index is 1690. The molecule has 0 radical (unpaired) electrons. The van der Waals surface area contributed by atoms with Crippen molar-refractivity contribution in [2.24, 2.45) is 42.3 Å². The van der Waals surface area contributed by atoms with Gasteiger partial charge in [-0.15, -0.1) is 9.36 Å². The van der Waals surface area contributed by atoms with E-state index < -0.39 is 0 Å². The van der Waals surface area contributed by atoms with Crippen LogP contribution >= 0.6 is 11.3 Å². The molecular weight excluding hydrogens is 518 g/mol. The Kier molecular flexibility index (Phi) is 10.1. The summed E-state index contributed by atoms with van der Waals surface area (Å²) in [6, 6.07) is 16.3. The van der Waals surface area contributed by atoms with Gasteiger partial charge in [0.1, 0.15) is 30.1 Å². The molecular formula is C31H43N7OS+4. The standard InChI is InChI=1S/C10H12N2O.C9H10NS.C7H10N.C5H10N3/c1-7-9(13)5-4-8-6-11(2)12(3)10(7)8;1-7-10(2)8-5-3-4-6-9(8)11-7;1-7-4-3-5-8(2)6-7;1-5-7(2)4-6-8(5)3/h4-6H,1-3H3;3-6H,1-2H3;3-6H,1-2H3;4H,1-3H3/q;3*+1/p+1. The molecule has 1 N–H and O–H groups in total. The van der Waals surface area contributed by atoms with Gasteiger partial charge in [-0.05, 0) is 38.1 Å². The summed E-state index contributed by atoms with van der Waals surface area (Å²) in [4.78, 5) is 0. The summed E-state index contributed by atoms with van der Waals surface area (Å²) in [5, 5.41) is 16.0. The molecule has 0 atom stereocenters. The van der Waals surface area contributed by atoms with Crippen LogP contribution in [0, 0.1) is 27.7 Å². The van der Waals surface area contributed by atoms with Gasteiger partial charge in [-0.1, -0.05) is 23.5 Å². The maximum absolute atomic E-state index is 9.53. The molecule has 0 unspecified atom stereocenters. The monoisotopic (exact) mass is 561 g/mol. The average Bonchev–Trinajstić information content (AvgIpc) is 3.50. The van der Waals surface area contributed by atoms with E-state index in [9.17, 15) is 5.11 Å². The van der Waals surface area contributed by atoms with Gasteiger partial charge in [0.05, 0.1) is 26.5 Å². The fraction of sp³-hybridized carbons (Fsp3) is 0.323. The van der Waals surface area contributed by atoms with Gasteiger partial charge in [0.25, 0.3) is 6.33 Å². The number of rotatable bonds is 0. The Balaban J connectivity index is 0.000000150. The summed E-state index contributed by atoms with van der Waals surface area (Å²) in [6.45, 7) is 8.18. The largest absolute Gasteiger partial charge is 0.508 e. The van der Waals surface area contributed by atoms with Crippen LogP contribution in [0.15, 0.2) is 73.4 Å². The van der Waals surface area contributed by atoms with E-state index in [-0.39, 0.29) is 0 Å². The molecule has 8 nitrogen and oxygen atoms in total. The number of hydrogen-bond donors (Lipinski definition) is 1. The summed E-state index contributed by atoms with van der Waals surface area (Å²) in [6.07, 6.45) is 7.93. The summed E-state index contributed by atoms with van der Waals surface area (Å²) < 4.78 is 13.4. The first-order valence-electron chi connectivity index (χ1n) is 13.1. The van der Waals surface area contributed by atoms with E-state index in [1.165, 1.54) is 20.8 Å². The average molecular weight is 562 g/mol. The second kappa shape index (κ2) is 13.3. The second-order valence-corrected chi connectivity index (χ2v) is 11.2. The number of aromatic hydroxyl groups is 1. The number of aromatic nitrogens is 7. The van der Waals surface area contributed by atoms with Crippen molar-refractivity contribution >= 4 is 32.5 Å². The topological polar surface area (TPSA) is 58.5 Å². The third-order valence-corrected chi connectivity index (χ3v) is 8.11. The molecule has 6 rings (SSSR count). The minimum Gasteiger partial charge on any atom is -0.508 e. The Labute approximate surface area is 241 Å².